The highest BCUT2D eigenvalue weighted by atomic mass is 32.1. The van der Waals surface area contributed by atoms with E-state index in [0.29, 0.717) is 11.5 Å². The summed E-state index contributed by atoms with van der Waals surface area (Å²) in [7, 11) is 1.82. The van der Waals surface area contributed by atoms with Crippen LogP contribution in [0.3, 0.4) is 0 Å². The summed E-state index contributed by atoms with van der Waals surface area (Å²) in [6, 6.07) is 1.99. The van der Waals surface area contributed by atoms with Crippen LogP contribution in [0.15, 0.2) is 17.6 Å². The van der Waals surface area contributed by atoms with Crippen molar-refractivity contribution in [2.75, 3.05) is 5.32 Å². The molecule has 0 bridgehead atoms. The molecular weight excluding hydrogens is 294 g/mol. The first-order valence-electron chi connectivity index (χ1n) is 7.56. The van der Waals surface area contributed by atoms with Gasteiger partial charge in [0.25, 0.3) is 5.91 Å². The van der Waals surface area contributed by atoms with Gasteiger partial charge in [-0.05, 0) is 36.1 Å². The first kappa shape index (κ1) is 16.7. The van der Waals surface area contributed by atoms with Gasteiger partial charge in [-0.25, -0.2) is 0 Å². The van der Waals surface area contributed by atoms with Gasteiger partial charge in [-0.1, -0.05) is 27.7 Å². The molecule has 0 saturated heterocycles. The Balaban J connectivity index is 2.16. The Bertz CT molecular complexity index is 664. The van der Waals surface area contributed by atoms with E-state index in [9.17, 15) is 4.79 Å². The predicted molar refractivity (Wildman–Crippen MR) is 92.7 cm³/mol. The summed E-state index contributed by atoms with van der Waals surface area (Å²) in [6.45, 7) is 10.8. The first-order chi connectivity index (χ1) is 10.2. The van der Waals surface area contributed by atoms with Crippen molar-refractivity contribution in [3.63, 3.8) is 0 Å². The normalized spacial score (nSPS) is 13.2. The molecule has 2 heterocycles. The molecule has 0 fully saturated rings. The Morgan fingerprint density at radius 3 is 2.68 bits per heavy atom. The zero-order valence-electron chi connectivity index (χ0n) is 14.2. The number of nitrogens with zero attached hydrogens (tertiary/aromatic N) is 2. The maximum atomic E-state index is 12.4. The van der Waals surface area contributed by atoms with E-state index in [4.69, 9.17) is 0 Å². The van der Waals surface area contributed by atoms with Gasteiger partial charge in [-0.3, -0.25) is 9.48 Å². The first-order valence-corrected chi connectivity index (χ1v) is 8.44. The molecule has 4 nitrogen and oxygen atoms in total. The number of nitrogens with one attached hydrogen (secondary N) is 1. The number of aromatic nitrogens is 2. The summed E-state index contributed by atoms with van der Waals surface area (Å²) in [6.07, 6.45) is 2.84. The van der Waals surface area contributed by atoms with Crippen LogP contribution >= 0.6 is 11.3 Å². The summed E-state index contributed by atoms with van der Waals surface area (Å²) < 4.78 is 1.67. The highest BCUT2D eigenvalue weighted by Gasteiger charge is 2.21. The third kappa shape index (κ3) is 3.97. The zero-order valence-corrected chi connectivity index (χ0v) is 15.0. The lowest BCUT2D eigenvalue weighted by molar-refractivity contribution is 0.102. The van der Waals surface area contributed by atoms with Crippen molar-refractivity contribution in [1.29, 1.82) is 0 Å². The second kappa shape index (κ2) is 6.24. The molecule has 22 heavy (non-hydrogen) atoms. The molecule has 2 rings (SSSR count). The van der Waals surface area contributed by atoms with Crippen molar-refractivity contribution in [1.82, 2.24) is 9.78 Å². The molecule has 1 unspecified atom stereocenters. The van der Waals surface area contributed by atoms with Crippen LogP contribution in [-0.4, -0.2) is 15.7 Å². The van der Waals surface area contributed by atoms with Gasteiger partial charge in [0.15, 0.2) is 0 Å². The number of hydrogen-bond donors (Lipinski definition) is 1. The molecule has 0 spiro atoms. The van der Waals surface area contributed by atoms with E-state index in [1.54, 1.807) is 22.2 Å². The van der Waals surface area contributed by atoms with Crippen LogP contribution in [-0.2, 0) is 7.05 Å². The fourth-order valence-electron chi connectivity index (χ4n) is 2.83. The number of carbonyl (C=O) groups excluding carboxylic acids is 1. The van der Waals surface area contributed by atoms with Crippen LogP contribution in [0.1, 0.15) is 61.0 Å². The van der Waals surface area contributed by atoms with Crippen molar-refractivity contribution < 1.29 is 4.79 Å². The Kier molecular flexibility index (Phi) is 4.75. The fraction of sp³-hybridized carbons (Fsp3) is 0.529. The lowest BCUT2D eigenvalue weighted by atomic mass is 9.84. The van der Waals surface area contributed by atoms with Crippen LogP contribution < -0.4 is 5.32 Å². The van der Waals surface area contributed by atoms with Gasteiger partial charge in [0.05, 0.1) is 16.9 Å². The van der Waals surface area contributed by atoms with Crippen LogP contribution in [0.2, 0.25) is 0 Å². The van der Waals surface area contributed by atoms with Gasteiger partial charge in [0.2, 0.25) is 0 Å². The second-order valence-electron chi connectivity index (χ2n) is 7.12. The second-order valence-corrected chi connectivity index (χ2v) is 8.07. The maximum Gasteiger partial charge on any atom is 0.259 e. The smallest absolute Gasteiger partial charge is 0.259 e. The van der Waals surface area contributed by atoms with E-state index < -0.39 is 0 Å². The molecule has 1 atom stereocenters. The van der Waals surface area contributed by atoms with Crippen LogP contribution in [0.25, 0.3) is 0 Å². The topological polar surface area (TPSA) is 46.9 Å². The quantitative estimate of drug-likeness (QED) is 0.896. The summed E-state index contributed by atoms with van der Waals surface area (Å²) in [5.41, 5.74) is 2.57. The van der Waals surface area contributed by atoms with Gasteiger partial charge in [0, 0.05) is 18.1 Å². The molecule has 0 saturated carbocycles. The monoisotopic (exact) mass is 319 g/mol. The van der Waals surface area contributed by atoms with Crippen molar-refractivity contribution in [2.45, 2.75) is 47.0 Å². The Hall–Kier alpha value is -1.62. The number of aryl methyl sites for hydroxylation is 2. The highest BCUT2D eigenvalue weighted by Crippen LogP contribution is 2.37. The van der Waals surface area contributed by atoms with Crippen LogP contribution in [0, 0.1) is 12.3 Å². The van der Waals surface area contributed by atoms with E-state index in [1.807, 2.05) is 25.4 Å². The van der Waals surface area contributed by atoms with Crippen LogP contribution in [0.4, 0.5) is 5.69 Å². The molecule has 2 aromatic heterocycles. The van der Waals surface area contributed by atoms with Crippen molar-refractivity contribution in [2.24, 2.45) is 12.5 Å². The third-order valence-electron chi connectivity index (χ3n) is 3.57. The molecule has 1 N–H and O–H groups in total. The van der Waals surface area contributed by atoms with Crippen molar-refractivity contribution >= 4 is 22.9 Å². The lowest BCUT2D eigenvalue weighted by Crippen LogP contribution is -2.15. The molecule has 120 valence electrons. The average molecular weight is 319 g/mol. The minimum atomic E-state index is -0.0896. The highest BCUT2D eigenvalue weighted by molar-refractivity contribution is 7.10. The number of hydrogen-bond acceptors (Lipinski definition) is 3. The number of carbonyl (C=O) groups is 1. The molecule has 0 radical (unpaired) electrons. The Labute approximate surface area is 136 Å². The van der Waals surface area contributed by atoms with Crippen molar-refractivity contribution in [3.8, 4) is 0 Å². The Morgan fingerprint density at radius 2 is 2.14 bits per heavy atom. The van der Waals surface area contributed by atoms with Crippen molar-refractivity contribution in [3.05, 3.63) is 33.8 Å². The average Bonchev–Trinajstić information content (AvgIpc) is 2.93. The molecule has 0 aliphatic carbocycles. The molecule has 1 amide bonds. The minimum absolute atomic E-state index is 0.0896. The molecule has 0 aliphatic rings. The SMILES string of the molecule is Cc1nn(C)cc1C(=O)Nc1ccsc1C(C)CC(C)(C)C. The summed E-state index contributed by atoms with van der Waals surface area (Å²) in [4.78, 5) is 13.7. The van der Waals surface area contributed by atoms with Gasteiger partial charge in [-0.15, -0.1) is 11.3 Å². The van der Waals surface area contributed by atoms with E-state index in [-0.39, 0.29) is 11.3 Å². The van der Waals surface area contributed by atoms with Gasteiger partial charge in [0.1, 0.15) is 0 Å². The summed E-state index contributed by atoms with van der Waals surface area (Å²) in [5, 5.41) is 9.31. The van der Waals surface area contributed by atoms with E-state index in [1.165, 1.54) is 4.88 Å². The standard InChI is InChI=1S/C17H25N3OS/c1-11(9-17(3,4)5)15-14(7-8-22-15)18-16(21)13-10-20(6)19-12(13)2/h7-8,10-11H,9H2,1-6H3,(H,18,21). The molecule has 2 aromatic rings. The third-order valence-corrected chi connectivity index (χ3v) is 4.72. The zero-order chi connectivity index (χ0) is 16.5. The number of amides is 1. The largest absolute Gasteiger partial charge is 0.321 e. The Morgan fingerprint density at radius 1 is 1.45 bits per heavy atom. The fourth-order valence-corrected chi connectivity index (χ4v) is 3.74. The number of anilines is 1. The molecule has 0 aromatic carbocycles. The molecular formula is C17H25N3OS. The van der Waals surface area contributed by atoms with E-state index in [0.717, 1.165) is 17.8 Å². The predicted octanol–water partition coefficient (Wildman–Crippen LogP) is 4.58. The van der Waals surface area contributed by atoms with Gasteiger partial charge >= 0.3 is 0 Å². The molecule has 0 aliphatic heterocycles. The van der Waals surface area contributed by atoms with E-state index >= 15 is 0 Å². The maximum absolute atomic E-state index is 12.4. The summed E-state index contributed by atoms with van der Waals surface area (Å²) >= 11 is 1.71. The van der Waals surface area contributed by atoms with Crippen LogP contribution in [0.5, 0.6) is 0 Å². The van der Waals surface area contributed by atoms with Gasteiger partial charge < -0.3 is 5.32 Å². The lowest BCUT2D eigenvalue weighted by Gasteiger charge is -2.23. The minimum Gasteiger partial charge on any atom is -0.321 e. The molecule has 5 heteroatoms. The number of rotatable bonds is 4. The van der Waals surface area contributed by atoms with E-state index in [2.05, 4.69) is 38.1 Å². The number of thiophene rings is 1. The summed E-state index contributed by atoms with van der Waals surface area (Å²) in [5.74, 6) is 0.332. The van der Waals surface area contributed by atoms with Gasteiger partial charge in [-0.2, -0.15) is 5.10 Å².